The molecule has 1 heterocycles. The van der Waals surface area contributed by atoms with E-state index in [-0.39, 0.29) is 16.8 Å². The number of rotatable bonds is 5. The standard InChI is InChI=1S/C20H22Cl2N2O3S/c1-15(18-4-2-3-5-19(18)22)23-10-12-24(13-11-23)20(25)14-28(26,27)17-8-6-16(21)7-9-17/h2-9,15H,10-14H2,1H3. The first-order valence-corrected chi connectivity index (χ1v) is 11.4. The zero-order valence-corrected chi connectivity index (χ0v) is 17.8. The Morgan fingerprint density at radius 1 is 1.00 bits per heavy atom. The lowest BCUT2D eigenvalue weighted by Gasteiger charge is -2.38. The molecule has 5 nitrogen and oxygen atoms in total. The van der Waals surface area contributed by atoms with Gasteiger partial charge in [0, 0.05) is 42.3 Å². The molecular formula is C20H22Cl2N2O3S. The first-order valence-electron chi connectivity index (χ1n) is 9.02. The van der Waals surface area contributed by atoms with Gasteiger partial charge in [0.05, 0.1) is 4.90 Å². The first kappa shape index (κ1) is 21.1. The molecule has 28 heavy (non-hydrogen) atoms. The first-order chi connectivity index (χ1) is 13.3. The number of hydrogen-bond acceptors (Lipinski definition) is 4. The molecule has 3 rings (SSSR count). The number of amides is 1. The predicted octanol–water partition coefficient (Wildman–Crippen LogP) is 3.67. The van der Waals surface area contributed by atoms with Crippen LogP contribution < -0.4 is 0 Å². The zero-order chi connectivity index (χ0) is 20.3. The molecule has 1 atom stereocenters. The van der Waals surface area contributed by atoms with Gasteiger partial charge in [0.1, 0.15) is 5.75 Å². The Hall–Kier alpha value is -1.60. The maximum Gasteiger partial charge on any atom is 0.238 e. The van der Waals surface area contributed by atoms with Crippen molar-refractivity contribution in [3.8, 4) is 0 Å². The van der Waals surface area contributed by atoms with E-state index in [9.17, 15) is 13.2 Å². The summed E-state index contributed by atoms with van der Waals surface area (Å²) in [5, 5.41) is 1.18. The van der Waals surface area contributed by atoms with Crippen LogP contribution >= 0.6 is 23.2 Å². The number of benzene rings is 2. The Bertz CT molecular complexity index is 940. The van der Waals surface area contributed by atoms with Gasteiger partial charge in [0.25, 0.3) is 0 Å². The van der Waals surface area contributed by atoms with E-state index in [2.05, 4.69) is 11.8 Å². The van der Waals surface area contributed by atoms with Crippen molar-refractivity contribution in [1.29, 1.82) is 0 Å². The minimum Gasteiger partial charge on any atom is -0.339 e. The number of halogens is 2. The highest BCUT2D eigenvalue weighted by molar-refractivity contribution is 7.92. The molecule has 0 aromatic heterocycles. The molecule has 0 saturated carbocycles. The summed E-state index contributed by atoms with van der Waals surface area (Å²) >= 11 is 12.1. The largest absolute Gasteiger partial charge is 0.339 e. The lowest BCUT2D eigenvalue weighted by molar-refractivity contribution is -0.130. The third-order valence-corrected chi connectivity index (χ3v) is 7.27. The normalized spacial score (nSPS) is 16.8. The van der Waals surface area contributed by atoms with Crippen LogP contribution in [0.15, 0.2) is 53.4 Å². The van der Waals surface area contributed by atoms with Crippen LogP contribution in [0.25, 0.3) is 0 Å². The van der Waals surface area contributed by atoms with Crippen LogP contribution in [0.1, 0.15) is 18.5 Å². The fourth-order valence-corrected chi connectivity index (χ4v) is 4.99. The van der Waals surface area contributed by atoms with E-state index in [1.54, 1.807) is 4.90 Å². The van der Waals surface area contributed by atoms with Crippen molar-refractivity contribution in [2.24, 2.45) is 0 Å². The minimum atomic E-state index is -3.68. The summed E-state index contributed by atoms with van der Waals surface area (Å²) in [6.07, 6.45) is 0. The maximum atomic E-state index is 12.5. The van der Waals surface area contributed by atoms with E-state index in [4.69, 9.17) is 23.2 Å². The molecule has 0 spiro atoms. The van der Waals surface area contributed by atoms with E-state index in [0.29, 0.717) is 31.2 Å². The SMILES string of the molecule is CC(c1ccccc1Cl)N1CCN(C(=O)CS(=O)(=O)c2ccc(Cl)cc2)CC1. The third kappa shape index (κ3) is 4.87. The number of sulfone groups is 1. The van der Waals surface area contributed by atoms with Crippen molar-refractivity contribution in [2.45, 2.75) is 17.9 Å². The topological polar surface area (TPSA) is 57.7 Å². The van der Waals surface area contributed by atoms with E-state index in [1.165, 1.54) is 24.3 Å². The molecule has 2 aromatic rings. The van der Waals surface area contributed by atoms with Crippen molar-refractivity contribution in [3.63, 3.8) is 0 Å². The minimum absolute atomic E-state index is 0.108. The molecule has 1 aliphatic rings. The summed E-state index contributed by atoms with van der Waals surface area (Å²) < 4.78 is 25.0. The molecule has 0 radical (unpaired) electrons. The van der Waals surface area contributed by atoms with Crippen molar-refractivity contribution in [3.05, 3.63) is 64.1 Å². The summed E-state index contributed by atoms with van der Waals surface area (Å²) in [4.78, 5) is 16.5. The number of carbonyl (C=O) groups is 1. The molecule has 1 saturated heterocycles. The molecule has 1 amide bonds. The number of piperazine rings is 1. The Morgan fingerprint density at radius 3 is 2.21 bits per heavy atom. The van der Waals surface area contributed by atoms with E-state index in [1.807, 2.05) is 24.3 Å². The Morgan fingerprint density at radius 2 is 1.61 bits per heavy atom. The Kier molecular flexibility index (Phi) is 6.65. The highest BCUT2D eigenvalue weighted by Gasteiger charge is 2.28. The monoisotopic (exact) mass is 440 g/mol. The molecule has 1 aliphatic heterocycles. The molecule has 0 N–H and O–H groups in total. The van der Waals surface area contributed by atoms with Gasteiger partial charge in [0.2, 0.25) is 5.91 Å². The highest BCUT2D eigenvalue weighted by Crippen LogP contribution is 2.28. The van der Waals surface area contributed by atoms with Crippen molar-refractivity contribution in [2.75, 3.05) is 31.9 Å². The predicted molar refractivity (Wildman–Crippen MR) is 112 cm³/mol. The van der Waals surface area contributed by atoms with Gasteiger partial charge in [-0.15, -0.1) is 0 Å². The van der Waals surface area contributed by atoms with Gasteiger partial charge in [-0.25, -0.2) is 8.42 Å². The summed E-state index contributed by atoms with van der Waals surface area (Å²) in [5.74, 6) is -0.908. The van der Waals surface area contributed by atoms with Gasteiger partial charge in [0.15, 0.2) is 9.84 Å². The van der Waals surface area contributed by atoms with Crippen molar-refractivity contribution >= 4 is 38.9 Å². The Balaban J connectivity index is 1.59. The fraction of sp³-hybridized carbons (Fsp3) is 0.350. The van der Waals surface area contributed by atoms with Crippen LogP contribution in [0.2, 0.25) is 10.0 Å². The molecule has 2 aromatic carbocycles. The van der Waals surface area contributed by atoms with Crippen molar-refractivity contribution < 1.29 is 13.2 Å². The summed E-state index contributed by atoms with van der Waals surface area (Å²) in [7, 11) is -3.68. The molecule has 1 unspecified atom stereocenters. The number of nitrogens with zero attached hydrogens (tertiary/aromatic N) is 2. The summed E-state index contributed by atoms with van der Waals surface area (Å²) in [5.41, 5.74) is 1.05. The molecule has 0 bridgehead atoms. The quantitative estimate of drug-likeness (QED) is 0.711. The average Bonchev–Trinajstić information content (AvgIpc) is 2.68. The highest BCUT2D eigenvalue weighted by atomic mass is 35.5. The van der Waals surface area contributed by atoms with Crippen molar-refractivity contribution in [1.82, 2.24) is 9.80 Å². The van der Waals surface area contributed by atoms with E-state index < -0.39 is 15.6 Å². The second-order valence-electron chi connectivity index (χ2n) is 6.83. The van der Waals surface area contributed by atoms with Crippen LogP contribution in [0.4, 0.5) is 0 Å². The summed E-state index contributed by atoms with van der Waals surface area (Å²) in [6, 6.07) is 13.7. The van der Waals surface area contributed by atoms with E-state index in [0.717, 1.165) is 10.6 Å². The number of carbonyl (C=O) groups excluding carboxylic acids is 1. The Labute approximate surface area is 175 Å². The van der Waals surface area contributed by atoms with Gasteiger partial charge in [-0.3, -0.25) is 9.69 Å². The van der Waals surface area contributed by atoms with E-state index >= 15 is 0 Å². The maximum absolute atomic E-state index is 12.5. The molecule has 0 aliphatic carbocycles. The molecule has 150 valence electrons. The second-order valence-corrected chi connectivity index (χ2v) is 9.66. The second kappa shape index (κ2) is 8.82. The van der Waals surface area contributed by atoms with Gasteiger partial charge >= 0.3 is 0 Å². The van der Waals surface area contributed by atoms with Gasteiger partial charge in [-0.2, -0.15) is 0 Å². The lowest BCUT2D eigenvalue weighted by Crippen LogP contribution is -2.50. The van der Waals surface area contributed by atoms with Gasteiger partial charge in [-0.1, -0.05) is 41.4 Å². The van der Waals surface area contributed by atoms with Gasteiger partial charge in [-0.05, 0) is 42.8 Å². The third-order valence-electron chi connectivity index (χ3n) is 5.06. The van der Waals surface area contributed by atoms with Crippen LogP contribution in [-0.4, -0.2) is 56.1 Å². The van der Waals surface area contributed by atoms with Crippen LogP contribution in [0.3, 0.4) is 0 Å². The van der Waals surface area contributed by atoms with Crippen LogP contribution in [-0.2, 0) is 14.6 Å². The molecule has 1 fully saturated rings. The number of hydrogen-bond donors (Lipinski definition) is 0. The van der Waals surface area contributed by atoms with Gasteiger partial charge < -0.3 is 4.90 Å². The molecule has 8 heteroatoms. The lowest BCUT2D eigenvalue weighted by atomic mass is 10.1. The van der Waals surface area contributed by atoms with Crippen LogP contribution in [0.5, 0.6) is 0 Å². The fourth-order valence-electron chi connectivity index (χ4n) is 3.35. The zero-order valence-electron chi connectivity index (χ0n) is 15.5. The van der Waals surface area contributed by atoms with Crippen LogP contribution in [0, 0.1) is 0 Å². The molecular weight excluding hydrogens is 419 g/mol. The smallest absolute Gasteiger partial charge is 0.238 e. The summed E-state index contributed by atoms with van der Waals surface area (Å²) in [6.45, 7) is 4.40. The average molecular weight is 441 g/mol.